The van der Waals surface area contributed by atoms with Gasteiger partial charge in [0.15, 0.2) is 5.60 Å². The van der Waals surface area contributed by atoms with Gasteiger partial charge in [-0.3, -0.25) is 18.5 Å². The topological polar surface area (TPSA) is 117 Å². The molecule has 3 aromatic rings. The van der Waals surface area contributed by atoms with Crippen LogP contribution in [0.2, 0.25) is 5.04 Å². The van der Waals surface area contributed by atoms with Crippen LogP contribution in [0.4, 0.5) is 0 Å². The SMILES string of the molecule is C#C[C@]1(CO[Si](c2ccccc2)(c2ccccc2)C(C)(C)C)O[C@@H](n2cc(C)c(=O)[nH]c2=O)C[C@@H]1OS(C)(=O)=O. The molecular formula is C29H34N2O7SSi. The van der Waals surface area contributed by atoms with Crippen molar-refractivity contribution < 1.29 is 21.8 Å². The molecule has 2 heterocycles. The predicted octanol–water partition coefficient (Wildman–Crippen LogP) is 2.06. The fourth-order valence-electron chi connectivity index (χ4n) is 5.31. The molecule has 0 unspecified atom stereocenters. The second-order valence-electron chi connectivity index (χ2n) is 11.1. The molecule has 1 aliphatic rings. The average molecular weight is 583 g/mol. The predicted molar refractivity (Wildman–Crippen MR) is 156 cm³/mol. The molecule has 4 rings (SSSR count). The molecule has 11 heteroatoms. The Morgan fingerprint density at radius 1 is 1.10 bits per heavy atom. The fourth-order valence-corrected chi connectivity index (χ4v) is 10.6. The number of nitrogens with zero attached hydrogens (tertiary/aromatic N) is 1. The highest BCUT2D eigenvalue weighted by Crippen LogP contribution is 2.42. The number of aromatic amines is 1. The lowest BCUT2D eigenvalue weighted by molar-refractivity contribution is -0.0827. The summed E-state index contributed by atoms with van der Waals surface area (Å²) in [6.45, 7) is 7.66. The van der Waals surface area contributed by atoms with Gasteiger partial charge in [0.25, 0.3) is 24.0 Å². The van der Waals surface area contributed by atoms with E-state index in [2.05, 4.69) is 31.7 Å². The second-order valence-corrected chi connectivity index (χ2v) is 17.0. The van der Waals surface area contributed by atoms with Crippen LogP contribution in [-0.2, 0) is 23.5 Å². The van der Waals surface area contributed by atoms with Crippen molar-refractivity contribution in [2.45, 2.75) is 57.1 Å². The van der Waals surface area contributed by atoms with Crippen LogP contribution in [0.25, 0.3) is 0 Å². The van der Waals surface area contributed by atoms with Crippen LogP contribution in [0.3, 0.4) is 0 Å². The van der Waals surface area contributed by atoms with Gasteiger partial charge >= 0.3 is 5.69 Å². The van der Waals surface area contributed by atoms with Crippen molar-refractivity contribution in [2.75, 3.05) is 12.9 Å². The molecule has 1 aromatic heterocycles. The standard InChI is InChI=1S/C29H34N2O7SSi/c1-7-29(24(38-39(6,34)35)18-25(37-29)31-19-21(2)26(32)30-27(31)33)20-36-40(28(3,4)5,22-14-10-8-11-15-22)23-16-12-9-13-17-23/h1,8-17,19,24-25H,18,20H2,2-6H3,(H,30,32,33)/t24-,25+,29+/m0/s1. The summed E-state index contributed by atoms with van der Waals surface area (Å²) in [6, 6.07) is 19.8. The van der Waals surface area contributed by atoms with Crippen molar-refractivity contribution in [2.24, 2.45) is 0 Å². The molecule has 212 valence electrons. The van der Waals surface area contributed by atoms with E-state index in [-0.39, 0.29) is 23.6 Å². The lowest BCUT2D eigenvalue weighted by atomic mass is 9.99. The number of benzene rings is 2. The zero-order chi connectivity index (χ0) is 29.3. The minimum atomic E-state index is -3.97. The van der Waals surface area contributed by atoms with Crippen molar-refractivity contribution in [1.29, 1.82) is 0 Å². The Bertz CT molecular complexity index is 1580. The first-order valence-electron chi connectivity index (χ1n) is 12.8. The third-order valence-electron chi connectivity index (χ3n) is 7.19. The maximum Gasteiger partial charge on any atom is 0.330 e. The first-order chi connectivity index (χ1) is 18.7. The molecule has 1 aliphatic heterocycles. The second kappa shape index (κ2) is 11.0. The van der Waals surface area contributed by atoms with Crippen LogP contribution >= 0.6 is 0 Å². The van der Waals surface area contributed by atoms with Gasteiger partial charge in [-0.05, 0) is 22.3 Å². The van der Waals surface area contributed by atoms with Crippen LogP contribution < -0.4 is 21.6 Å². The molecule has 0 saturated carbocycles. The Morgan fingerprint density at radius 2 is 1.65 bits per heavy atom. The number of terminal acetylenes is 1. The summed E-state index contributed by atoms with van der Waals surface area (Å²) in [6.07, 6.45) is 6.13. The molecule has 2 aromatic carbocycles. The minimum Gasteiger partial charge on any atom is -0.403 e. The summed E-state index contributed by atoms with van der Waals surface area (Å²) in [5.74, 6) is 2.62. The number of rotatable bonds is 8. The minimum absolute atomic E-state index is 0.0627. The average Bonchev–Trinajstić information content (AvgIpc) is 3.23. The molecule has 40 heavy (non-hydrogen) atoms. The summed E-state index contributed by atoms with van der Waals surface area (Å²) in [5.41, 5.74) is -2.61. The van der Waals surface area contributed by atoms with E-state index in [0.717, 1.165) is 16.6 Å². The molecule has 0 spiro atoms. The summed E-state index contributed by atoms with van der Waals surface area (Å²) in [7, 11) is -7.06. The lowest BCUT2D eigenvalue weighted by Gasteiger charge is -2.44. The summed E-state index contributed by atoms with van der Waals surface area (Å²) < 4.78 is 44.6. The fraction of sp³-hybridized carbons (Fsp3) is 0.379. The highest BCUT2D eigenvalue weighted by molar-refractivity contribution is 7.86. The molecule has 0 radical (unpaired) electrons. The highest BCUT2D eigenvalue weighted by Gasteiger charge is 2.56. The highest BCUT2D eigenvalue weighted by atomic mass is 32.2. The zero-order valence-corrected chi connectivity index (χ0v) is 25.0. The van der Waals surface area contributed by atoms with Crippen LogP contribution in [0.1, 0.15) is 39.0 Å². The number of aryl methyl sites for hydroxylation is 1. The largest absolute Gasteiger partial charge is 0.403 e. The van der Waals surface area contributed by atoms with Gasteiger partial charge in [0.1, 0.15) is 12.3 Å². The molecule has 0 amide bonds. The van der Waals surface area contributed by atoms with Gasteiger partial charge in [0.2, 0.25) is 0 Å². The lowest BCUT2D eigenvalue weighted by Crippen LogP contribution is -2.68. The van der Waals surface area contributed by atoms with Gasteiger partial charge in [-0.1, -0.05) is 87.4 Å². The van der Waals surface area contributed by atoms with E-state index in [9.17, 15) is 18.0 Å². The molecule has 3 atom stereocenters. The van der Waals surface area contributed by atoms with Crippen molar-refractivity contribution in [3.8, 4) is 12.3 Å². The van der Waals surface area contributed by atoms with Crippen LogP contribution in [0, 0.1) is 19.3 Å². The smallest absolute Gasteiger partial charge is 0.330 e. The molecule has 1 saturated heterocycles. The first-order valence-corrected chi connectivity index (χ1v) is 16.6. The number of aromatic nitrogens is 2. The van der Waals surface area contributed by atoms with E-state index in [1.807, 2.05) is 60.7 Å². The number of hydrogen-bond donors (Lipinski definition) is 1. The first kappa shape index (κ1) is 29.7. The monoisotopic (exact) mass is 582 g/mol. The van der Waals surface area contributed by atoms with Crippen molar-refractivity contribution >= 4 is 28.8 Å². The van der Waals surface area contributed by atoms with Gasteiger partial charge in [0, 0.05) is 18.2 Å². The van der Waals surface area contributed by atoms with Crippen molar-refractivity contribution in [3.63, 3.8) is 0 Å². The zero-order valence-electron chi connectivity index (χ0n) is 23.2. The van der Waals surface area contributed by atoms with E-state index < -0.39 is 47.6 Å². The summed E-state index contributed by atoms with van der Waals surface area (Å²) >= 11 is 0. The third kappa shape index (κ3) is 5.63. The Morgan fingerprint density at radius 3 is 2.12 bits per heavy atom. The Labute approximate surface area is 235 Å². The van der Waals surface area contributed by atoms with Gasteiger partial charge < -0.3 is 9.16 Å². The normalized spacial score (nSPS) is 21.7. The maximum absolute atomic E-state index is 12.7. The molecule has 1 fully saturated rings. The van der Waals surface area contributed by atoms with Gasteiger partial charge in [-0.25, -0.2) is 4.79 Å². The van der Waals surface area contributed by atoms with Crippen LogP contribution in [0.5, 0.6) is 0 Å². The Balaban J connectivity index is 1.83. The molecule has 0 bridgehead atoms. The molecule has 9 nitrogen and oxygen atoms in total. The molecule has 0 aliphatic carbocycles. The van der Waals surface area contributed by atoms with E-state index in [4.69, 9.17) is 19.8 Å². The van der Waals surface area contributed by atoms with Crippen molar-refractivity contribution in [1.82, 2.24) is 9.55 Å². The van der Waals surface area contributed by atoms with Gasteiger partial charge in [-0.15, -0.1) is 6.42 Å². The Kier molecular flexibility index (Phi) is 8.13. The molecule has 1 N–H and O–H groups in total. The quantitative estimate of drug-likeness (QED) is 0.246. The molecular weight excluding hydrogens is 548 g/mol. The number of hydrogen-bond acceptors (Lipinski definition) is 7. The van der Waals surface area contributed by atoms with Gasteiger partial charge in [-0.2, -0.15) is 8.42 Å². The van der Waals surface area contributed by atoms with Gasteiger partial charge in [0.05, 0.1) is 12.9 Å². The van der Waals surface area contributed by atoms with E-state index in [1.54, 1.807) is 6.92 Å². The van der Waals surface area contributed by atoms with E-state index in [1.165, 1.54) is 10.8 Å². The number of ether oxygens (including phenoxy) is 1. The third-order valence-corrected chi connectivity index (χ3v) is 12.8. The number of H-pyrrole nitrogens is 1. The Hall–Kier alpha value is -3.27. The number of nitrogens with one attached hydrogen (secondary N) is 1. The summed E-state index contributed by atoms with van der Waals surface area (Å²) in [5, 5.41) is 1.62. The van der Waals surface area contributed by atoms with E-state index >= 15 is 0 Å². The maximum atomic E-state index is 12.7. The van der Waals surface area contributed by atoms with Crippen LogP contribution in [0.15, 0.2) is 76.4 Å². The van der Waals surface area contributed by atoms with E-state index in [0.29, 0.717) is 0 Å². The summed E-state index contributed by atoms with van der Waals surface area (Å²) in [4.78, 5) is 26.9. The van der Waals surface area contributed by atoms with Crippen molar-refractivity contribution in [3.05, 3.63) is 93.3 Å². The van der Waals surface area contributed by atoms with Crippen LogP contribution in [-0.4, -0.2) is 50.9 Å².